The highest BCUT2D eigenvalue weighted by Crippen LogP contribution is 2.27. The first-order chi connectivity index (χ1) is 7.24. The summed E-state index contributed by atoms with van der Waals surface area (Å²) < 4.78 is 0. The first kappa shape index (κ1) is 9.48. The minimum absolute atomic E-state index is 0.0756. The number of hydrogen-bond acceptors (Lipinski definition) is 3. The van der Waals surface area contributed by atoms with Crippen LogP contribution in [0.2, 0.25) is 0 Å². The van der Waals surface area contributed by atoms with Gasteiger partial charge in [-0.3, -0.25) is 10.2 Å². The van der Waals surface area contributed by atoms with Gasteiger partial charge >= 0.3 is 0 Å². The summed E-state index contributed by atoms with van der Waals surface area (Å²) in [6.07, 6.45) is 0. The minimum atomic E-state index is -0.415. The second kappa shape index (κ2) is 3.59. The van der Waals surface area contributed by atoms with Crippen LogP contribution >= 0.6 is 0 Å². The molecule has 15 heavy (non-hydrogen) atoms. The van der Waals surface area contributed by atoms with E-state index in [4.69, 9.17) is 5.84 Å². The molecule has 0 fully saturated rings. The third-order valence-corrected chi connectivity index (χ3v) is 2.26. The first-order valence-corrected chi connectivity index (χ1v) is 4.45. The van der Waals surface area contributed by atoms with Crippen molar-refractivity contribution in [3.63, 3.8) is 0 Å². The molecule has 4 N–H and O–H groups in total. The fourth-order valence-corrected chi connectivity index (χ4v) is 1.59. The average molecular weight is 202 g/mol. The minimum Gasteiger partial charge on any atom is -0.507 e. The molecule has 0 aromatic heterocycles. The fourth-order valence-electron chi connectivity index (χ4n) is 1.59. The maximum absolute atomic E-state index is 11.4. The van der Waals surface area contributed by atoms with Crippen LogP contribution in [0.3, 0.4) is 0 Å². The van der Waals surface area contributed by atoms with Gasteiger partial charge in [0.15, 0.2) is 0 Å². The van der Waals surface area contributed by atoms with Crippen molar-refractivity contribution in [1.29, 1.82) is 0 Å². The number of aromatic hydroxyl groups is 1. The Morgan fingerprint density at radius 1 is 1.20 bits per heavy atom. The molecule has 76 valence electrons. The van der Waals surface area contributed by atoms with Crippen molar-refractivity contribution < 1.29 is 9.90 Å². The molecule has 2 aromatic rings. The van der Waals surface area contributed by atoms with Crippen molar-refractivity contribution in [3.05, 3.63) is 42.0 Å². The van der Waals surface area contributed by atoms with Gasteiger partial charge in [0, 0.05) is 5.39 Å². The van der Waals surface area contributed by atoms with Crippen LogP contribution in [0, 0.1) is 0 Å². The molecule has 0 spiro atoms. The van der Waals surface area contributed by atoms with Crippen LogP contribution in [0.15, 0.2) is 36.4 Å². The van der Waals surface area contributed by atoms with E-state index in [1.165, 1.54) is 6.07 Å². The van der Waals surface area contributed by atoms with Gasteiger partial charge < -0.3 is 5.11 Å². The Hall–Kier alpha value is -2.07. The van der Waals surface area contributed by atoms with E-state index in [9.17, 15) is 9.90 Å². The Balaban J connectivity index is 2.80. The van der Waals surface area contributed by atoms with Gasteiger partial charge in [-0.15, -0.1) is 0 Å². The van der Waals surface area contributed by atoms with E-state index < -0.39 is 5.91 Å². The molecule has 0 atom stereocenters. The summed E-state index contributed by atoms with van der Waals surface area (Å²) in [7, 11) is 0. The third-order valence-electron chi connectivity index (χ3n) is 2.26. The number of amides is 1. The molecule has 4 nitrogen and oxygen atoms in total. The molecule has 0 aliphatic carbocycles. The SMILES string of the molecule is NNC(=O)c1cccc2cccc(O)c12. The molecule has 0 saturated heterocycles. The van der Waals surface area contributed by atoms with Crippen molar-refractivity contribution in [2.24, 2.45) is 5.84 Å². The molecule has 0 radical (unpaired) electrons. The standard InChI is InChI=1S/C11H10N2O2/c12-13-11(15)8-5-1-3-7-4-2-6-9(14)10(7)8/h1-6,14H,12H2,(H,13,15). The highest BCUT2D eigenvalue weighted by Gasteiger charge is 2.10. The monoisotopic (exact) mass is 202 g/mol. The smallest absolute Gasteiger partial charge is 0.265 e. The summed E-state index contributed by atoms with van der Waals surface area (Å²) in [4.78, 5) is 11.4. The van der Waals surface area contributed by atoms with Crippen LogP contribution in [0.4, 0.5) is 0 Å². The zero-order valence-corrected chi connectivity index (χ0v) is 7.90. The van der Waals surface area contributed by atoms with E-state index in [2.05, 4.69) is 5.43 Å². The van der Waals surface area contributed by atoms with Crippen LogP contribution in [0.5, 0.6) is 5.75 Å². The molecule has 0 saturated carbocycles. The van der Waals surface area contributed by atoms with Crippen molar-refractivity contribution in [2.75, 3.05) is 0 Å². The lowest BCUT2D eigenvalue weighted by Gasteiger charge is -2.06. The van der Waals surface area contributed by atoms with Gasteiger partial charge in [0.25, 0.3) is 5.91 Å². The van der Waals surface area contributed by atoms with Gasteiger partial charge in [0.05, 0.1) is 5.56 Å². The number of benzene rings is 2. The third kappa shape index (κ3) is 1.51. The van der Waals surface area contributed by atoms with E-state index in [-0.39, 0.29) is 5.75 Å². The van der Waals surface area contributed by atoms with Crippen LogP contribution < -0.4 is 11.3 Å². The van der Waals surface area contributed by atoms with Crippen molar-refractivity contribution in [3.8, 4) is 5.75 Å². The number of phenols is 1. The predicted molar refractivity (Wildman–Crippen MR) is 57.3 cm³/mol. The van der Waals surface area contributed by atoms with Crippen LogP contribution in [0.1, 0.15) is 10.4 Å². The first-order valence-electron chi connectivity index (χ1n) is 4.45. The molecule has 2 aromatic carbocycles. The average Bonchev–Trinajstić information content (AvgIpc) is 2.28. The van der Waals surface area contributed by atoms with E-state index in [0.29, 0.717) is 10.9 Å². The normalized spacial score (nSPS) is 10.2. The Bertz CT molecular complexity index is 518. The number of nitrogen functional groups attached to an aromatic ring is 1. The van der Waals surface area contributed by atoms with Crippen molar-refractivity contribution in [1.82, 2.24) is 5.43 Å². The highest BCUT2D eigenvalue weighted by atomic mass is 16.3. The van der Waals surface area contributed by atoms with Crippen LogP contribution in [-0.2, 0) is 0 Å². The zero-order chi connectivity index (χ0) is 10.8. The van der Waals surface area contributed by atoms with E-state index in [1.54, 1.807) is 18.2 Å². The molecule has 1 amide bonds. The summed E-state index contributed by atoms with van der Waals surface area (Å²) >= 11 is 0. The fraction of sp³-hybridized carbons (Fsp3) is 0. The molecular formula is C11H10N2O2. The lowest BCUT2D eigenvalue weighted by Crippen LogP contribution is -2.30. The molecule has 4 heteroatoms. The maximum Gasteiger partial charge on any atom is 0.265 e. The van der Waals surface area contributed by atoms with Crippen molar-refractivity contribution in [2.45, 2.75) is 0 Å². The molecule has 0 heterocycles. The number of hydrazine groups is 1. The van der Waals surface area contributed by atoms with Gasteiger partial charge in [-0.05, 0) is 17.5 Å². The zero-order valence-electron chi connectivity index (χ0n) is 7.90. The Morgan fingerprint density at radius 2 is 1.87 bits per heavy atom. The molecule has 0 aliphatic heterocycles. The van der Waals surface area contributed by atoms with Crippen LogP contribution in [0.25, 0.3) is 10.8 Å². The number of rotatable bonds is 1. The molecule has 0 aliphatic rings. The molecule has 2 rings (SSSR count). The second-order valence-corrected chi connectivity index (χ2v) is 3.15. The molecule has 0 bridgehead atoms. The maximum atomic E-state index is 11.4. The Labute approximate surface area is 86.3 Å². The van der Waals surface area contributed by atoms with Gasteiger partial charge in [-0.2, -0.15) is 0 Å². The predicted octanol–water partition coefficient (Wildman–Crippen LogP) is 1.15. The number of phenolic OH excluding ortho intramolecular Hbond substituents is 1. The summed E-state index contributed by atoms with van der Waals surface area (Å²) in [6.45, 7) is 0. The van der Waals surface area contributed by atoms with Gasteiger partial charge in [-0.1, -0.05) is 24.3 Å². The number of nitrogens with two attached hydrogens (primary N) is 1. The topological polar surface area (TPSA) is 75.3 Å². The lowest BCUT2D eigenvalue weighted by atomic mass is 10.0. The highest BCUT2D eigenvalue weighted by molar-refractivity contribution is 6.08. The van der Waals surface area contributed by atoms with Gasteiger partial charge in [-0.25, -0.2) is 5.84 Å². The lowest BCUT2D eigenvalue weighted by molar-refractivity contribution is 0.0955. The molecule has 0 unspecified atom stereocenters. The summed E-state index contributed by atoms with van der Waals surface area (Å²) in [5, 5.41) is 11.0. The number of carbonyl (C=O) groups excluding carboxylic acids is 1. The number of fused-ring (bicyclic) bond motifs is 1. The Morgan fingerprint density at radius 3 is 2.53 bits per heavy atom. The summed E-state index contributed by atoms with van der Waals surface area (Å²) in [5.41, 5.74) is 2.42. The summed E-state index contributed by atoms with van der Waals surface area (Å²) in [6, 6.07) is 10.3. The largest absolute Gasteiger partial charge is 0.507 e. The number of carbonyl (C=O) groups is 1. The van der Waals surface area contributed by atoms with Crippen molar-refractivity contribution >= 4 is 16.7 Å². The number of nitrogens with one attached hydrogen (secondary N) is 1. The van der Waals surface area contributed by atoms with E-state index in [0.717, 1.165) is 5.39 Å². The number of hydrogen-bond donors (Lipinski definition) is 3. The Kier molecular flexibility index (Phi) is 2.27. The van der Waals surface area contributed by atoms with E-state index in [1.807, 2.05) is 12.1 Å². The van der Waals surface area contributed by atoms with Gasteiger partial charge in [0.2, 0.25) is 0 Å². The molecular weight excluding hydrogens is 192 g/mol. The second-order valence-electron chi connectivity index (χ2n) is 3.15. The van der Waals surface area contributed by atoms with Crippen LogP contribution in [-0.4, -0.2) is 11.0 Å². The summed E-state index contributed by atoms with van der Waals surface area (Å²) in [5.74, 6) is 4.72. The van der Waals surface area contributed by atoms with E-state index >= 15 is 0 Å². The quantitative estimate of drug-likeness (QED) is 0.369. The van der Waals surface area contributed by atoms with Gasteiger partial charge in [0.1, 0.15) is 5.75 Å².